The summed E-state index contributed by atoms with van der Waals surface area (Å²) in [7, 11) is 0. The van der Waals surface area contributed by atoms with Gasteiger partial charge in [-0.05, 0) is 31.0 Å². The standard InChI is InChI=1S/C20H23N3O4/c1-2-10-21-18(24)13-27-20(26)14-8-9-15-16(12-14)22-17-7-5-3-4-6-11-23(17)19(15)25/h2,8-9,12H,1,3-7,10-11,13H2,(H,21,24). The van der Waals surface area contributed by atoms with Crippen LogP contribution >= 0.6 is 0 Å². The lowest BCUT2D eigenvalue weighted by Crippen LogP contribution is -2.29. The van der Waals surface area contributed by atoms with E-state index in [1.807, 2.05) is 0 Å². The molecule has 3 rings (SSSR count). The zero-order valence-electron chi connectivity index (χ0n) is 15.2. The highest BCUT2D eigenvalue weighted by atomic mass is 16.5. The number of hydrogen-bond acceptors (Lipinski definition) is 5. The van der Waals surface area contributed by atoms with Crippen LogP contribution in [0.2, 0.25) is 0 Å². The Morgan fingerprint density at radius 3 is 2.89 bits per heavy atom. The molecule has 1 aliphatic rings. The monoisotopic (exact) mass is 369 g/mol. The van der Waals surface area contributed by atoms with Gasteiger partial charge in [0.05, 0.1) is 16.5 Å². The van der Waals surface area contributed by atoms with E-state index in [1.54, 1.807) is 16.7 Å². The first-order chi connectivity index (χ1) is 13.1. The molecule has 7 heteroatoms. The summed E-state index contributed by atoms with van der Waals surface area (Å²) >= 11 is 0. The molecule has 0 radical (unpaired) electrons. The number of rotatable bonds is 5. The Bertz CT molecular complexity index is 933. The summed E-state index contributed by atoms with van der Waals surface area (Å²) in [6.45, 7) is 4.12. The molecule has 0 spiro atoms. The molecule has 2 aromatic rings. The van der Waals surface area contributed by atoms with Crippen LogP contribution in [0.15, 0.2) is 35.6 Å². The van der Waals surface area contributed by atoms with Crippen LogP contribution in [0.25, 0.3) is 10.9 Å². The molecule has 1 amide bonds. The summed E-state index contributed by atoms with van der Waals surface area (Å²) in [5, 5.41) is 3.02. The van der Waals surface area contributed by atoms with Gasteiger partial charge in [0.25, 0.3) is 11.5 Å². The maximum Gasteiger partial charge on any atom is 0.338 e. The number of aromatic nitrogens is 2. The Labute approximate surface area is 157 Å². The molecule has 1 aliphatic heterocycles. The van der Waals surface area contributed by atoms with Crippen LogP contribution in [-0.4, -0.2) is 34.6 Å². The van der Waals surface area contributed by atoms with Gasteiger partial charge in [0.15, 0.2) is 6.61 Å². The molecule has 0 fully saturated rings. The Hall–Kier alpha value is -2.96. The van der Waals surface area contributed by atoms with E-state index in [9.17, 15) is 14.4 Å². The van der Waals surface area contributed by atoms with E-state index in [-0.39, 0.29) is 17.7 Å². The third kappa shape index (κ3) is 4.42. The third-order valence-electron chi connectivity index (χ3n) is 4.58. The topological polar surface area (TPSA) is 90.3 Å². The van der Waals surface area contributed by atoms with Gasteiger partial charge >= 0.3 is 5.97 Å². The average molecular weight is 369 g/mol. The van der Waals surface area contributed by atoms with E-state index in [2.05, 4.69) is 16.9 Å². The highest BCUT2D eigenvalue weighted by Gasteiger charge is 2.16. The number of fused-ring (bicyclic) bond motifs is 2. The molecule has 0 bridgehead atoms. The van der Waals surface area contributed by atoms with E-state index in [4.69, 9.17) is 4.74 Å². The van der Waals surface area contributed by atoms with E-state index in [0.29, 0.717) is 24.0 Å². The smallest absolute Gasteiger partial charge is 0.338 e. The second kappa shape index (κ2) is 8.62. The summed E-state index contributed by atoms with van der Waals surface area (Å²) in [5.41, 5.74) is 0.680. The van der Waals surface area contributed by atoms with E-state index < -0.39 is 11.9 Å². The molecule has 0 saturated carbocycles. The Kier molecular flexibility index (Phi) is 6.01. The molecule has 0 aliphatic carbocycles. The Morgan fingerprint density at radius 1 is 1.26 bits per heavy atom. The second-order valence-electron chi connectivity index (χ2n) is 6.55. The number of hydrogen-bond donors (Lipinski definition) is 1. The fourth-order valence-corrected chi connectivity index (χ4v) is 3.17. The van der Waals surface area contributed by atoms with Crippen molar-refractivity contribution in [2.45, 2.75) is 38.6 Å². The molecule has 1 aromatic heterocycles. The van der Waals surface area contributed by atoms with Crippen molar-refractivity contribution in [3.8, 4) is 0 Å². The maximum atomic E-state index is 12.8. The van der Waals surface area contributed by atoms with Crippen molar-refractivity contribution in [2.75, 3.05) is 13.2 Å². The first-order valence-electron chi connectivity index (χ1n) is 9.18. The van der Waals surface area contributed by atoms with Gasteiger partial charge in [0, 0.05) is 19.5 Å². The lowest BCUT2D eigenvalue weighted by molar-refractivity contribution is -0.124. The number of benzene rings is 1. The number of aryl methyl sites for hydroxylation is 1. The summed E-state index contributed by atoms with van der Waals surface area (Å²) in [6.07, 6.45) is 6.52. The zero-order chi connectivity index (χ0) is 19.2. The van der Waals surface area contributed by atoms with Crippen LogP contribution in [0.5, 0.6) is 0 Å². The first-order valence-corrected chi connectivity index (χ1v) is 9.18. The number of amides is 1. The van der Waals surface area contributed by atoms with Crippen molar-refractivity contribution < 1.29 is 14.3 Å². The van der Waals surface area contributed by atoms with Gasteiger partial charge in [0.1, 0.15) is 5.82 Å². The molecule has 142 valence electrons. The minimum Gasteiger partial charge on any atom is -0.452 e. The van der Waals surface area contributed by atoms with Gasteiger partial charge < -0.3 is 10.1 Å². The lowest BCUT2D eigenvalue weighted by Gasteiger charge is -2.16. The van der Waals surface area contributed by atoms with Crippen LogP contribution in [0.3, 0.4) is 0 Å². The summed E-state index contributed by atoms with van der Waals surface area (Å²) in [5.74, 6) is -0.261. The SMILES string of the molecule is C=CCNC(=O)COC(=O)c1ccc2c(=O)n3c(nc2c1)CCCCCC3. The fraction of sp³-hybridized carbons (Fsp3) is 0.400. The van der Waals surface area contributed by atoms with Crippen molar-refractivity contribution in [1.82, 2.24) is 14.9 Å². The first kappa shape index (κ1) is 18.8. The van der Waals surface area contributed by atoms with Gasteiger partial charge in [-0.2, -0.15) is 0 Å². The van der Waals surface area contributed by atoms with Gasteiger partial charge in [-0.25, -0.2) is 9.78 Å². The van der Waals surface area contributed by atoms with Crippen molar-refractivity contribution in [1.29, 1.82) is 0 Å². The van der Waals surface area contributed by atoms with Crippen molar-refractivity contribution in [3.63, 3.8) is 0 Å². The molecule has 1 aromatic carbocycles. The normalized spacial score (nSPS) is 13.9. The maximum absolute atomic E-state index is 12.8. The molecule has 27 heavy (non-hydrogen) atoms. The van der Waals surface area contributed by atoms with Crippen molar-refractivity contribution in [2.24, 2.45) is 0 Å². The third-order valence-corrected chi connectivity index (χ3v) is 4.58. The van der Waals surface area contributed by atoms with Crippen LogP contribution in [-0.2, 0) is 22.5 Å². The van der Waals surface area contributed by atoms with Gasteiger partial charge in [-0.15, -0.1) is 6.58 Å². The zero-order valence-corrected chi connectivity index (χ0v) is 15.2. The number of carbonyl (C=O) groups is 2. The Morgan fingerprint density at radius 2 is 2.07 bits per heavy atom. The van der Waals surface area contributed by atoms with E-state index >= 15 is 0 Å². The average Bonchev–Trinajstić information content (AvgIpc) is 2.65. The van der Waals surface area contributed by atoms with E-state index in [1.165, 1.54) is 12.1 Å². The predicted molar refractivity (Wildman–Crippen MR) is 102 cm³/mol. The highest BCUT2D eigenvalue weighted by Crippen LogP contribution is 2.16. The molecule has 0 saturated heterocycles. The van der Waals surface area contributed by atoms with Crippen molar-refractivity contribution in [3.05, 3.63) is 52.6 Å². The molecule has 1 N–H and O–H groups in total. The van der Waals surface area contributed by atoms with Crippen LogP contribution in [0, 0.1) is 0 Å². The summed E-state index contributed by atoms with van der Waals surface area (Å²) in [4.78, 5) is 41.1. The number of carbonyl (C=O) groups excluding carboxylic acids is 2. The fourth-order valence-electron chi connectivity index (χ4n) is 3.17. The quantitative estimate of drug-likeness (QED) is 0.643. The summed E-state index contributed by atoms with van der Waals surface area (Å²) < 4.78 is 6.77. The molecule has 7 nitrogen and oxygen atoms in total. The number of nitrogens with one attached hydrogen (secondary N) is 1. The van der Waals surface area contributed by atoms with Crippen LogP contribution in [0.1, 0.15) is 41.9 Å². The molecule has 0 atom stereocenters. The van der Waals surface area contributed by atoms with Gasteiger partial charge in [-0.1, -0.05) is 18.9 Å². The number of nitrogens with zero attached hydrogens (tertiary/aromatic N) is 2. The minimum absolute atomic E-state index is 0.0689. The lowest BCUT2D eigenvalue weighted by atomic mass is 10.1. The second-order valence-corrected chi connectivity index (χ2v) is 6.55. The van der Waals surface area contributed by atoms with Crippen LogP contribution < -0.4 is 10.9 Å². The van der Waals surface area contributed by atoms with Crippen LogP contribution in [0.4, 0.5) is 0 Å². The molecule has 0 unspecified atom stereocenters. The molecular formula is C20H23N3O4. The summed E-state index contributed by atoms with van der Waals surface area (Å²) in [6, 6.07) is 4.69. The van der Waals surface area contributed by atoms with Gasteiger partial charge in [0.2, 0.25) is 0 Å². The largest absolute Gasteiger partial charge is 0.452 e. The predicted octanol–water partition coefficient (Wildman–Crippen LogP) is 1.97. The Balaban J connectivity index is 1.83. The van der Waals surface area contributed by atoms with Gasteiger partial charge in [-0.3, -0.25) is 14.2 Å². The van der Waals surface area contributed by atoms with E-state index in [0.717, 1.165) is 37.9 Å². The van der Waals surface area contributed by atoms with Crippen molar-refractivity contribution >= 4 is 22.8 Å². The minimum atomic E-state index is -0.626. The molecular weight excluding hydrogens is 346 g/mol. The molecule has 2 heterocycles. The highest BCUT2D eigenvalue weighted by molar-refractivity contribution is 5.95. The number of esters is 1. The number of ether oxygens (including phenoxy) is 1.